The first kappa shape index (κ1) is 23.1. The van der Waals surface area contributed by atoms with Crippen molar-refractivity contribution in [2.45, 2.75) is 51.7 Å². The molecule has 0 atom stereocenters. The first-order valence-electron chi connectivity index (χ1n) is 13.1. The van der Waals surface area contributed by atoms with Crippen LogP contribution in [0.15, 0.2) is 78.9 Å². The van der Waals surface area contributed by atoms with Gasteiger partial charge in [0.15, 0.2) is 0 Å². The molecular formula is C31H38N2O. The highest BCUT2D eigenvalue weighted by atomic mass is 16.5. The molecule has 0 unspecified atom stereocenters. The molecule has 0 aromatic heterocycles. The molecule has 3 aromatic rings. The molecule has 3 aromatic carbocycles. The molecule has 3 nitrogen and oxygen atoms in total. The number of likely N-dealkylation sites (tertiary alicyclic amines) is 1. The van der Waals surface area contributed by atoms with E-state index in [0.717, 1.165) is 44.5 Å². The van der Waals surface area contributed by atoms with Crippen molar-refractivity contribution >= 4 is 0 Å². The lowest BCUT2D eigenvalue weighted by Gasteiger charge is -2.32. The van der Waals surface area contributed by atoms with Crippen LogP contribution in [0.25, 0.3) is 0 Å². The van der Waals surface area contributed by atoms with E-state index < -0.39 is 0 Å². The third-order valence-corrected chi connectivity index (χ3v) is 7.47. The standard InChI is InChI=1S/C31H38N2O/c1-3-8-28(9-4-1)23-32-18-16-26(17-19-32)12-7-13-27-14-15-31-30(22-27)25-33(20-21-34-31)24-29-10-5-2-6-11-29/h1-6,8-11,14-15,22,26H,7,12-13,16-21,23-25H2. The van der Waals surface area contributed by atoms with E-state index in [-0.39, 0.29) is 0 Å². The van der Waals surface area contributed by atoms with E-state index in [9.17, 15) is 0 Å². The third kappa shape index (κ3) is 6.49. The summed E-state index contributed by atoms with van der Waals surface area (Å²) in [4.78, 5) is 5.13. The Bertz CT molecular complexity index is 1010. The fourth-order valence-electron chi connectivity index (χ4n) is 5.50. The van der Waals surface area contributed by atoms with Gasteiger partial charge in [-0.25, -0.2) is 0 Å². The van der Waals surface area contributed by atoms with E-state index in [0.29, 0.717) is 0 Å². The van der Waals surface area contributed by atoms with Crippen LogP contribution in [0.1, 0.15) is 47.9 Å². The van der Waals surface area contributed by atoms with Gasteiger partial charge in [-0.1, -0.05) is 79.2 Å². The number of rotatable bonds is 8. The van der Waals surface area contributed by atoms with Gasteiger partial charge in [0.25, 0.3) is 0 Å². The first-order valence-corrected chi connectivity index (χ1v) is 13.1. The molecule has 1 fully saturated rings. The van der Waals surface area contributed by atoms with Gasteiger partial charge in [0.05, 0.1) is 0 Å². The van der Waals surface area contributed by atoms with Crippen molar-refractivity contribution in [3.05, 3.63) is 101 Å². The van der Waals surface area contributed by atoms with Crippen LogP contribution in [0.2, 0.25) is 0 Å². The summed E-state index contributed by atoms with van der Waals surface area (Å²) in [7, 11) is 0. The average Bonchev–Trinajstić information content (AvgIpc) is 3.08. The SMILES string of the molecule is c1ccc(CN2CCC(CCCc3ccc4c(c3)CN(Cc3ccccc3)CCO4)CC2)cc1. The summed E-state index contributed by atoms with van der Waals surface area (Å²) in [5.74, 6) is 1.96. The van der Waals surface area contributed by atoms with Gasteiger partial charge in [0.2, 0.25) is 0 Å². The molecule has 5 rings (SSSR count). The van der Waals surface area contributed by atoms with Gasteiger partial charge < -0.3 is 4.74 Å². The van der Waals surface area contributed by atoms with Crippen molar-refractivity contribution in [1.82, 2.24) is 9.80 Å². The Labute approximate surface area is 205 Å². The van der Waals surface area contributed by atoms with E-state index in [1.807, 2.05) is 0 Å². The van der Waals surface area contributed by atoms with Crippen molar-refractivity contribution < 1.29 is 4.74 Å². The highest BCUT2D eigenvalue weighted by molar-refractivity contribution is 5.38. The summed E-state index contributed by atoms with van der Waals surface area (Å²) in [6, 6.07) is 28.6. The molecule has 2 aliphatic heterocycles. The van der Waals surface area contributed by atoms with Gasteiger partial charge >= 0.3 is 0 Å². The molecule has 0 saturated carbocycles. The predicted octanol–water partition coefficient (Wildman–Crippen LogP) is 6.32. The summed E-state index contributed by atoms with van der Waals surface area (Å²) in [6.07, 6.45) is 6.51. The summed E-state index contributed by atoms with van der Waals surface area (Å²) in [6.45, 7) is 7.28. The highest BCUT2D eigenvalue weighted by Gasteiger charge is 2.19. The Morgan fingerprint density at radius 3 is 2.09 bits per heavy atom. The van der Waals surface area contributed by atoms with Crippen LogP contribution in [0.4, 0.5) is 0 Å². The zero-order chi connectivity index (χ0) is 23.0. The van der Waals surface area contributed by atoms with Crippen LogP contribution in [-0.2, 0) is 26.1 Å². The molecule has 3 heteroatoms. The van der Waals surface area contributed by atoms with E-state index in [1.165, 1.54) is 67.4 Å². The topological polar surface area (TPSA) is 15.7 Å². The number of hydrogen-bond donors (Lipinski definition) is 0. The quantitative estimate of drug-likeness (QED) is 0.396. The minimum Gasteiger partial charge on any atom is -0.492 e. The molecule has 1 saturated heterocycles. The number of nitrogens with zero attached hydrogens (tertiary/aromatic N) is 2. The summed E-state index contributed by atoms with van der Waals surface area (Å²) >= 11 is 0. The minimum absolute atomic E-state index is 0.766. The molecule has 0 bridgehead atoms. The van der Waals surface area contributed by atoms with Gasteiger partial charge in [-0.15, -0.1) is 0 Å². The van der Waals surface area contributed by atoms with Crippen molar-refractivity contribution in [2.24, 2.45) is 5.92 Å². The van der Waals surface area contributed by atoms with E-state index >= 15 is 0 Å². The third-order valence-electron chi connectivity index (χ3n) is 7.47. The molecule has 2 heterocycles. The molecular weight excluding hydrogens is 416 g/mol. The zero-order valence-corrected chi connectivity index (χ0v) is 20.4. The summed E-state index contributed by atoms with van der Waals surface area (Å²) in [5, 5.41) is 0. The molecule has 0 spiro atoms. The van der Waals surface area contributed by atoms with Crippen molar-refractivity contribution in [3.63, 3.8) is 0 Å². The fourth-order valence-corrected chi connectivity index (χ4v) is 5.50. The lowest BCUT2D eigenvalue weighted by molar-refractivity contribution is 0.171. The largest absolute Gasteiger partial charge is 0.492 e. The Morgan fingerprint density at radius 2 is 1.38 bits per heavy atom. The molecule has 0 aliphatic carbocycles. The Morgan fingerprint density at radius 1 is 0.706 bits per heavy atom. The minimum atomic E-state index is 0.766. The average molecular weight is 455 g/mol. The number of piperidine rings is 1. The Kier molecular flexibility index (Phi) is 7.95. The van der Waals surface area contributed by atoms with Gasteiger partial charge in [-0.05, 0) is 67.4 Å². The van der Waals surface area contributed by atoms with E-state index in [2.05, 4.69) is 88.7 Å². The predicted molar refractivity (Wildman–Crippen MR) is 140 cm³/mol. The second-order valence-corrected chi connectivity index (χ2v) is 10.1. The van der Waals surface area contributed by atoms with Crippen LogP contribution in [0.5, 0.6) is 5.75 Å². The lowest BCUT2D eigenvalue weighted by atomic mass is 9.90. The monoisotopic (exact) mass is 454 g/mol. The first-order chi connectivity index (χ1) is 16.8. The summed E-state index contributed by atoms with van der Waals surface area (Å²) in [5.41, 5.74) is 5.62. The van der Waals surface area contributed by atoms with Crippen LogP contribution in [0.3, 0.4) is 0 Å². The number of ether oxygens (including phenoxy) is 1. The number of fused-ring (bicyclic) bond motifs is 1. The maximum absolute atomic E-state index is 6.08. The molecule has 0 radical (unpaired) electrons. The molecule has 2 aliphatic rings. The molecule has 0 N–H and O–H groups in total. The molecule has 178 valence electrons. The van der Waals surface area contributed by atoms with Crippen LogP contribution in [-0.4, -0.2) is 36.0 Å². The molecule has 34 heavy (non-hydrogen) atoms. The van der Waals surface area contributed by atoms with Gasteiger partial charge in [0.1, 0.15) is 12.4 Å². The zero-order valence-electron chi connectivity index (χ0n) is 20.4. The highest BCUT2D eigenvalue weighted by Crippen LogP contribution is 2.28. The smallest absolute Gasteiger partial charge is 0.123 e. The second-order valence-electron chi connectivity index (χ2n) is 10.1. The Balaban J connectivity index is 1.08. The van der Waals surface area contributed by atoms with Gasteiger partial charge in [-0.3, -0.25) is 9.80 Å². The normalized spacial score (nSPS) is 17.6. The Hall–Kier alpha value is -2.62. The van der Waals surface area contributed by atoms with Crippen molar-refractivity contribution in [2.75, 3.05) is 26.2 Å². The van der Waals surface area contributed by atoms with Gasteiger partial charge in [-0.2, -0.15) is 0 Å². The maximum Gasteiger partial charge on any atom is 0.123 e. The summed E-state index contributed by atoms with van der Waals surface area (Å²) < 4.78 is 6.08. The van der Waals surface area contributed by atoms with Crippen LogP contribution in [0, 0.1) is 5.92 Å². The molecule has 0 amide bonds. The number of hydrogen-bond acceptors (Lipinski definition) is 3. The van der Waals surface area contributed by atoms with Crippen LogP contribution >= 0.6 is 0 Å². The van der Waals surface area contributed by atoms with Crippen molar-refractivity contribution in [1.29, 1.82) is 0 Å². The second kappa shape index (κ2) is 11.7. The fraction of sp³-hybridized carbons (Fsp3) is 0.419. The van der Waals surface area contributed by atoms with Gasteiger partial charge in [0, 0.05) is 31.7 Å². The van der Waals surface area contributed by atoms with Crippen molar-refractivity contribution in [3.8, 4) is 5.75 Å². The van der Waals surface area contributed by atoms with E-state index in [1.54, 1.807) is 0 Å². The lowest BCUT2D eigenvalue weighted by Crippen LogP contribution is -2.33. The van der Waals surface area contributed by atoms with Crippen LogP contribution < -0.4 is 4.74 Å². The van der Waals surface area contributed by atoms with E-state index in [4.69, 9.17) is 4.74 Å². The number of aryl methyl sites for hydroxylation is 1. The number of benzene rings is 3. The maximum atomic E-state index is 6.08.